The Balaban J connectivity index is 0.610. The molecule has 5 heterocycles. The quantitative estimate of drug-likeness (QED) is 0.0194. The molecule has 4 aliphatic heterocycles. The summed E-state index contributed by atoms with van der Waals surface area (Å²) < 4.78 is 118. The smallest absolute Gasteiger partial charge is 0.391 e. The van der Waals surface area contributed by atoms with Crippen molar-refractivity contribution in [3.05, 3.63) is 159 Å². The minimum Gasteiger partial charge on any atom is -0.391 e. The molecule has 3 fully saturated rings. The van der Waals surface area contributed by atoms with E-state index in [1.807, 2.05) is 91.4 Å². The first-order valence-electron chi connectivity index (χ1n) is 37.6. The lowest BCUT2D eigenvalue weighted by molar-refractivity contribution is -0.144. The van der Waals surface area contributed by atoms with Crippen LogP contribution in [-0.4, -0.2) is 223 Å². The molecule has 1 aliphatic carbocycles. The van der Waals surface area contributed by atoms with E-state index in [2.05, 4.69) is 66.5 Å². The van der Waals surface area contributed by atoms with Gasteiger partial charge in [-0.1, -0.05) is 106 Å². The van der Waals surface area contributed by atoms with Gasteiger partial charge in [0.15, 0.2) is 0 Å². The number of alkyl halides is 3. The van der Waals surface area contributed by atoms with Crippen LogP contribution in [0.1, 0.15) is 119 Å². The molecule has 4 amide bonds. The van der Waals surface area contributed by atoms with Crippen LogP contribution in [0, 0.1) is 17.8 Å². The van der Waals surface area contributed by atoms with E-state index in [1.165, 1.54) is 39.4 Å². The number of aromatic nitrogens is 1. The number of benzene rings is 5. The number of thiazole rings is 1. The Morgan fingerprint density at radius 1 is 0.782 bits per heavy atom. The molecule has 11 rings (SSSR count). The maximum atomic E-state index is 14.6. The zero-order valence-electron chi connectivity index (χ0n) is 63.5. The SMILES string of the molecule is Cc1ncsc1-c1ccc([C@H](C)NC(=O)[C@@H]2C[C@@H](O)CN2C(=O)[C@@H](NC(=O)COCCOCCOCCN2CCN(CC[C@H](CSc3ccccc3)Nc3ccc(S(=O)(=O)NC(=O)c4ccc5c(c4)CCC4CN(CC6=C(c7ccc(Cl)cc7)CCC(C)(C)C6)CCN54)cc3S(=O)(=O)C(F)(F)F)CC2)C(C)(C)C)cc1. The molecule has 0 bridgehead atoms. The molecule has 0 spiro atoms. The lowest BCUT2D eigenvalue weighted by Crippen LogP contribution is -2.58. The Morgan fingerprint density at radius 3 is 2.14 bits per heavy atom. The number of carbonyl (C=O) groups is 4. The number of nitrogens with one attached hydrogen (secondary N) is 4. The number of allylic oxidation sites excluding steroid dienone is 1. The summed E-state index contributed by atoms with van der Waals surface area (Å²) in [6.07, 6.45) is 4.05. The van der Waals surface area contributed by atoms with E-state index in [0.29, 0.717) is 82.2 Å². The number of ether oxygens (including phenoxy) is 3. The monoisotopic (exact) mass is 1610 g/mol. The van der Waals surface area contributed by atoms with E-state index in [0.717, 1.165) is 102 Å². The third kappa shape index (κ3) is 21.8. The van der Waals surface area contributed by atoms with Gasteiger partial charge in [0.25, 0.3) is 25.8 Å². The number of sulfone groups is 1. The molecule has 5 N–H and O–H groups in total. The van der Waals surface area contributed by atoms with Gasteiger partial charge in [0.2, 0.25) is 17.7 Å². The summed E-state index contributed by atoms with van der Waals surface area (Å²) in [6, 6.07) is 30.0. The highest BCUT2D eigenvalue weighted by molar-refractivity contribution is 7.99. The number of anilines is 2. The normalized spacial score (nSPS) is 19.7. The second kappa shape index (κ2) is 36.9. The average molecular weight is 1620 g/mol. The summed E-state index contributed by atoms with van der Waals surface area (Å²) in [5, 5.41) is 20.3. The van der Waals surface area contributed by atoms with Crippen molar-refractivity contribution in [2.24, 2.45) is 10.8 Å². The molecule has 3 saturated heterocycles. The highest BCUT2D eigenvalue weighted by Gasteiger charge is 2.49. The molecule has 5 aliphatic rings. The molecule has 6 atom stereocenters. The van der Waals surface area contributed by atoms with Crippen molar-refractivity contribution in [2.75, 3.05) is 128 Å². The van der Waals surface area contributed by atoms with Crippen molar-refractivity contribution in [3.8, 4) is 10.4 Å². The van der Waals surface area contributed by atoms with Gasteiger partial charge in [0.05, 0.1) is 71.8 Å². The van der Waals surface area contributed by atoms with Gasteiger partial charge in [-0.2, -0.15) is 13.2 Å². The van der Waals surface area contributed by atoms with Gasteiger partial charge >= 0.3 is 5.51 Å². The molecule has 30 heteroatoms. The summed E-state index contributed by atoms with van der Waals surface area (Å²) in [7, 11) is -11.1. The summed E-state index contributed by atoms with van der Waals surface area (Å²) in [5.74, 6) is -2.13. The van der Waals surface area contributed by atoms with Crippen molar-refractivity contribution < 1.29 is 68.5 Å². The van der Waals surface area contributed by atoms with Crippen LogP contribution in [0.15, 0.2) is 141 Å². The Hall–Kier alpha value is -7.00. The van der Waals surface area contributed by atoms with E-state index in [4.69, 9.17) is 25.8 Å². The van der Waals surface area contributed by atoms with Crippen LogP contribution in [0.3, 0.4) is 0 Å². The summed E-state index contributed by atoms with van der Waals surface area (Å²) in [4.78, 5) is 69.9. The highest BCUT2D eigenvalue weighted by atomic mass is 35.5. The Kier molecular flexibility index (Phi) is 28.1. The average Bonchev–Trinajstić information content (AvgIpc) is 1.01. The number of hydrogen-bond donors (Lipinski definition) is 5. The van der Waals surface area contributed by atoms with E-state index >= 15 is 0 Å². The molecule has 1 unspecified atom stereocenters. The standard InChI is InChI=1S/C80H102ClF3N10O12S4/c1-53(55-13-15-57(16-14-55)73-54(2)85-52-108-73)86-76(98)70-44-64(95)49-94(70)77(99)74(78(3,4)5)88-72(96)50-106-42-41-105-40-39-104-38-37-91-33-31-90(32-34-91)30-28-62(51-107-65-11-9-8-10-12-65)87-68-25-24-66(45-71(68)109(100,101)80(82,83)84)110(102,103)89-75(97)59-20-26-69-58(43-59)19-23-63-48-92(35-36-93(63)69)47-60-46-79(6,7)29-27-67(60)56-17-21-61(81)22-18-56/h8-18,20-22,24-26,43,45,52-53,62-64,70,74,87,95H,19,23,27-42,44,46-51H2,1-7H3,(H,86,98)(H,88,96)(H,89,97)/t53-,62+,63?,64+,70-,74+/m0/s1. The number of aliphatic hydroxyl groups is 1. The fourth-order valence-corrected chi connectivity index (χ4v) is 19.0. The number of nitrogens with zero attached hydrogens (tertiary/aromatic N) is 6. The van der Waals surface area contributed by atoms with E-state index in [9.17, 15) is 54.3 Å². The molecule has 1 aromatic heterocycles. The Morgan fingerprint density at radius 2 is 1.45 bits per heavy atom. The number of aryl methyl sites for hydroxylation is 2. The fourth-order valence-electron chi connectivity index (χ4n) is 15.1. The van der Waals surface area contributed by atoms with Crippen LogP contribution < -0.4 is 25.6 Å². The Labute approximate surface area is 657 Å². The topological polar surface area (TPSA) is 262 Å². The van der Waals surface area contributed by atoms with Gasteiger partial charge in [0.1, 0.15) is 23.6 Å². The van der Waals surface area contributed by atoms with Crippen molar-refractivity contribution in [1.82, 2.24) is 39.9 Å². The number of thioether (sulfide) groups is 1. The first-order valence-corrected chi connectivity index (χ1v) is 42.8. The number of halogens is 4. The number of sulfonamides is 1. The van der Waals surface area contributed by atoms with Crippen molar-refractivity contribution in [3.63, 3.8) is 0 Å². The third-order valence-corrected chi connectivity index (χ3v) is 26.5. The first kappa shape index (κ1) is 83.9. The molecule has 6 aromatic rings. The van der Waals surface area contributed by atoms with Gasteiger partial charge < -0.3 is 50.0 Å². The largest absolute Gasteiger partial charge is 0.501 e. The van der Waals surface area contributed by atoms with Gasteiger partial charge in [-0.05, 0) is 152 Å². The van der Waals surface area contributed by atoms with Gasteiger partial charge in [-0.25, -0.2) is 26.5 Å². The predicted octanol–water partition coefficient (Wildman–Crippen LogP) is 11.3. The summed E-state index contributed by atoms with van der Waals surface area (Å²) in [5.41, 5.74) is 3.73. The lowest BCUT2D eigenvalue weighted by atomic mass is 9.72. The maximum absolute atomic E-state index is 14.6. The molecule has 110 heavy (non-hydrogen) atoms. The number of β-amino-alcohol motifs (C(OH)–C–C–N with tert-alkyl or cyclic N) is 1. The number of carbonyl (C=O) groups excluding carboxylic acids is 4. The number of amides is 4. The van der Waals surface area contributed by atoms with Crippen molar-refractivity contribution >= 4 is 95.1 Å². The number of likely N-dealkylation sites (tertiary alicyclic amines) is 1. The summed E-state index contributed by atoms with van der Waals surface area (Å²) in [6.45, 7) is 21.9. The third-order valence-electron chi connectivity index (χ3n) is 21.2. The highest BCUT2D eigenvalue weighted by Crippen LogP contribution is 2.44. The molecular formula is C80H102ClF3N10O12S4. The molecule has 0 radical (unpaired) electrons. The molecule has 5 aromatic carbocycles. The maximum Gasteiger partial charge on any atom is 0.501 e. The van der Waals surface area contributed by atoms with Crippen molar-refractivity contribution in [2.45, 2.75) is 150 Å². The van der Waals surface area contributed by atoms with Crippen LogP contribution in [0.2, 0.25) is 5.02 Å². The van der Waals surface area contributed by atoms with Crippen LogP contribution in [0.5, 0.6) is 0 Å². The zero-order chi connectivity index (χ0) is 78.7. The number of rotatable bonds is 32. The van der Waals surface area contributed by atoms with E-state index in [-0.39, 0.29) is 62.5 Å². The number of piperazine rings is 2. The van der Waals surface area contributed by atoms with Crippen LogP contribution >= 0.6 is 34.7 Å². The van der Waals surface area contributed by atoms with Gasteiger partial charge in [-0.15, -0.1) is 23.1 Å². The Bertz CT molecular complexity index is 4450. The van der Waals surface area contributed by atoms with E-state index in [1.54, 1.807) is 43.7 Å². The minimum absolute atomic E-state index is 0.0294. The van der Waals surface area contributed by atoms with Gasteiger partial charge in [-0.3, -0.25) is 29.0 Å². The fraction of sp³-hybridized carbons (Fsp3) is 0.512. The minimum atomic E-state index is -6.16. The van der Waals surface area contributed by atoms with Crippen LogP contribution in [0.25, 0.3) is 16.0 Å². The number of fused-ring (bicyclic) bond motifs is 3. The van der Waals surface area contributed by atoms with Crippen molar-refractivity contribution in [1.29, 1.82) is 0 Å². The van der Waals surface area contributed by atoms with Crippen LogP contribution in [-0.2, 0) is 54.9 Å². The number of hydrogen-bond acceptors (Lipinski definition) is 20. The van der Waals surface area contributed by atoms with Crippen LogP contribution in [0.4, 0.5) is 24.5 Å². The van der Waals surface area contributed by atoms with E-state index < -0.39 is 94.1 Å². The second-order valence-corrected chi connectivity index (χ2v) is 37.0. The summed E-state index contributed by atoms with van der Waals surface area (Å²) >= 11 is 9.25. The molecule has 596 valence electrons. The molecule has 0 saturated carbocycles. The predicted molar refractivity (Wildman–Crippen MR) is 424 cm³/mol. The zero-order valence-corrected chi connectivity index (χ0v) is 67.5. The van der Waals surface area contributed by atoms with Gasteiger partial charge in [0, 0.05) is 117 Å². The first-order chi connectivity index (χ1) is 52.3. The number of aliphatic hydroxyl groups excluding tert-OH is 1. The second-order valence-electron chi connectivity index (χ2n) is 31.0. The lowest BCUT2D eigenvalue weighted by Gasteiger charge is -2.47. The molecule has 22 nitrogen and oxygen atoms in total. The molecular weight excluding hydrogens is 1510 g/mol.